The van der Waals surface area contributed by atoms with Gasteiger partial charge in [0.05, 0.1) is 24.7 Å². The Morgan fingerprint density at radius 2 is 1.82 bits per heavy atom. The normalized spacial score (nSPS) is 16.9. The number of ether oxygens (including phenoxy) is 1. The van der Waals surface area contributed by atoms with Gasteiger partial charge in [0.15, 0.2) is 5.78 Å². The minimum atomic E-state index is -3.49. The Morgan fingerprint density at radius 3 is 2.57 bits per heavy atom. The van der Waals surface area contributed by atoms with Crippen LogP contribution in [0.5, 0.6) is 0 Å². The lowest BCUT2D eigenvalue weighted by Crippen LogP contribution is -2.40. The fourth-order valence-corrected chi connectivity index (χ4v) is 4.96. The van der Waals surface area contributed by atoms with E-state index < -0.39 is 10.0 Å². The Bertz CT molecular complexity index is 1010. The number of benzene rings is 2. The molecule has 2 heterocycles. The zero-order chi connectivity index (χ0) is 19.6. The molecule has 0 spiro atoms. The van der Waals surface area contributed by atoms with Gasteiger partial charge in [-0.1, -0.05) is 30.3 Å². The molecule has 0 aliphatic carbocycles. The minimum absolute atomic E-state index is 0.0902. The van der Waals surface area contributed by atoms with Gasteiger partial charge < -0.3 is 4.74 Å². The van der Waals surface area contributed by atoms with Crippen LogP contribution < -0.4 is 0 Å². The Labute approximate surface area is 164 Å². The van der Waals surface area contributed by atoms with Crippen LogP contribution in [0.15, 0.2) is 52.4 Å². The molecule has 0 atom stereocenters. The maximum atomic E-state index is 12.7. The van der Waals surface area contributed by atoms with E-state index in [0.29, 0.717) is 45.7 Å². The van der Waals surface area contributed by atoms with Crippen LogP contribution in [0.1, 0.15) is 33.5 Å². The first-order valence-corrected chi connectivity index (χ1v) is 10.8. The van der Waals surface area contributed by atoms with E-state index >= 15 is 0 Å². The quantitative estimate of drug-likeness (QED) is 0.701. The summed E-state index contributed by atoms with van der Waals surface area (Å²) in [6.07, 6.45) is 2.76. The third-order valence-electron chi connectivity index (χ3n) is 5.16. The molecular formula is C21H22N2O4S. The standard InChI is InChI=1S/C21H22N2O4S/c24-21(19-3-1-2-17-14-22-15-20(17)19)9-6-16-4-7-18(8-5-16)28(25,26)23-10-12-27-13-11-23/h1-5,7-8,14H,6,9-13,15H2. The molecule has 6 nitrogen and oxygen atoms in total. The van der Waals surface area contributed by atoms with Crippen molar-refractivity contribution in [3.05, 3.63) is 64.7 Å². The van der Waals surface area contributed by atoms with Gasteiger partial charge >= 0.3 is 0 Å². The molecule has 2 aliphatic heterocycles. The lowest BCUT2D eigenvalue weighted by Gasteiger charge is -2.26. The largest absolute Gasteiger partial charge is 0.379 e. The second kappa shape index (κ2) is 7.95. The topological polar surface area (TPSA) is 76.0 Å². The highest BCUT2D eigenvalue weighted by atomic mass is 32.2. The lowest BCUT2D eigenvalue weighted by molar-refractivity contribution is 0.0730. The third-order valence-corrected chi connectivity index (χ3v) is 7.08. The van der Waals surface area contributed by atoms with Crippen LogP contribution in [0, 0.1) is 0 Å². The van der Waals surface area contributed by atoms with Crippen LogP contribution in [-0.2, 0) is 27.7 Å². The van der Waals surface area contributed by atoms with Crippen LogP contribution >= 0.6 is 0 Å². The molecule has 0 N–H and O–H groups in total. The van der Waals surface area contributed by atoms with Crippen LogP contribution in [0.25, 0.3) is 0 Å². The Hall–Kier alpha value is -2.35. The SMILES string of the molecule is O=C(CCc1ccc(S(=O)(=O)N2CCOCC2)cc1)c1cccc2c1CN=C2. The number of fused-ring (bicyclic) bond motifs is 1. The number of aryl methyl sites for hydroxylation is 1. The summed E-state index contributed by atoms with van der Waals surface area (Å²) >= 11 is 0. The molecule has 1 saturated heterocycles. The lowest BCUT2D eigenvalue weighted by atomic mass is 9.96. The molecule has 2 aliphatic rings. The molecule has 2 aromatic rings. The van der Waals surface area contributed by atoms with Gasteiger partial charge in [0.25, 0.3) is 0 Å². The number of aliphatic imine (C=N–C) groups is 1. The molecule has 0 radical (unpaired) electrons. The van der Waals surface area contributed by atoms with E-state index in [0.717, 1.165) is 22.3 Å². The molecule has 7 heteroatoms. The second-order valence-corrected chi connectivity index (χ2v) is 8.86. The number of carbonyl (C=O) groups excluding carboxylic acids is 1. The zero-order valence-corrected chi connectivity index (χ0v) is 16.3. The first-order valence-electron chi connectivity index (χ1n) is 9.37. The smallest absolute Gasteiger partial charge is 0.243 e. The first kappa shape index (κ1) is 19.0. The first-order chi connectivity index (χ1) is 13.6. The predicted molar refractivity (Wildman–Crippen MR) is 106 cm³/mol. The fraction of sp³-hybridized carbons (Fsp3) is 0.333. The summed E-state index contributed by atoms with van der Waals surface area (Å²) in [5.74, 6) is 0.0902. The number of nitrogens with zero attached hydrogens (tertiary/aromatic N) is 2. The number of ketones is 1. The van der Waals surface area contributed by atoms with E-state index in [1.807, 2.05) is 18.2 Å². The van der Waals surface area contributed by atoms with Crippen molar-refractivity contribution in [2.24, 2.45) is 4.99 Å². The summed E-state index contributed by atoms with van der Waals surface area (Å²) in [6.45, 7) is 2.17. The Morgan fingerprint density at radius 1 is 1.07 bits per heavy atom. The summed E-state index contributed by atoms with van der Waals surface area (Å²) in [6, 6.07) is 12.5. The van der Waals surface area contributed by atoms with E-state index in [1.165, 1.54) is 4.31 Å². The van der Waals surface area contributed by atoms with Gasteiger partial charge in [0.2, 0.25) is 10.0 Å². The van der Waals surface area contributed by atoms with E-state index in [-0.39, 0.29) is 10.7 Å². The van der Waals surface area contributed by atoms with Crippen molar-refractivity contribution >= 4 is 22.0 Å². The number of sulfonamides is 1. The molecule has 4 rings (SSSR count). The molecular weight excluding hydrogens is 376 g/mol. The number of morpholine rings is 1. The molecule has 0 amide bonds. The maximum Gasteiger partial charge on any atom is 0.243 e. The number of carbonyl (C=O) groups is 1. The maximum absolute atomic E-state index is 12.7. The molecule has 0 aromatic heterocycles. The summed E-state index contributed by atoms with van der Waals surface area (Å²) in [5, 5.41) is 0. The molecule has 0 bridgehead atoms. The summed E-state index contributed by atoms with van der Waals surface area (Å²) in [4.78, 5) is 17.2. The van der Waals surface area contributed by atoms with Crippen molar-refractivity contribution in [1.82, 2.24) is 4.31 Å². The summed E-state index contributed by atoms with van der Waals surface area (Å²) in [7, 11) is -3.49. The monoisotopic (exact) mass is 398 g/mol. The van der Waals surface area contributed by atoms with Crippen LogP contribution in [0.4, 0.5) is 0 Å². The average Bonchev–Trinajstić information content (AvgIpc) is 3.22. The van der Waals surface area contributed by atoms with Gasteiger partial charge in [-0.15, -0.1) is 0 Å². The molecule has 2 aromatic carbocycles. The highest BCUT2D eigenvalue weighted by Crippen LogP contribution is 2.22. The predicted octanol–water partition coefficient (Wildman–Crippen LogP) is 2.46. The van der Waals surface area contributed by atoms with Crippen molar-refractivity contribution in [3.8, 4) is 0 Å². The molecule has 0 saturated carbocycles. The zero-order valence-electron chi connectivity index (χ0n) is 15.5. The van der Waals surface area contributed by atoms with Crippen LogP contribution in [0.2, 0.25) is 0 Å². The van der Waals surface area contributed by atoms with E-state index in [4.69, 9.17) is 4.74 Å². The Kier molecular flexibility index (Phi) is 5.39. The van der Waals surface area contributed by atoms with Crippen molar-refractivity contribution < 1.29 is 17.9 Å². The summed E-state index contributed by atoms with van der Waals surface area (Å²) < 4.78 is 32.0. The van der Waals surface area contributed by atoms with Crippen LogP contribution in [0.3, 0.4) is 0 Å². The van der Waals surface area contributed by atoms with Crippen molar-refractivity contribution in [3.63, 3.8) is 0 Å². The molecule has 146 valence electrons. The van der Waals surface area contributed by atoms with Gasteiger partial charge in [0, 0.05) is 31.3 Å². The number of rotatable bonds is 6. The number of Topliss-reactive ketones (excluding diaryl/α,β-unsaturated/α-hetero) is 1. The number of hydrogen-bond acceptors (Lipinski definition) is 5. The minimum Gasteiger partial charge on any atom is -0.379 e. The van der Waals surface area contributed by atoms with Crippen LogP contribution in [-0.4, -0.2) is 51.0 Å². The van der Waals surface area contributed by atoms with Gasteiger partial charge in [-0.2, -0.15) is 4.31 Å². The highest BCUT2D eigenvalue weighted by molar-refractivity contribution is 7.89. The molecule has 1 fully saturated rings. The molecule has 28 heavy (non-hydrogen) atoms. The fourth-order valence-electron chi connectivity index (χ4n) is 3.56. The van der Waals surface area contributed by atoms with Crippen molar-refractivity contribution in [2.75, 3.05) is 26.3 Å². The van der Waals surface area contributed by atoms with Gasteiger partial charge in [-0.3, -0.25) is 9.79 Å². The molecule has 0 unspecified atom stereocenters. The third kappa shape index (κ3) is 3.78. The average molecular weight is 398 g/mol. The van der Waals surface area contributed by atoms with E-state index in [2.05, 4.69) is 4.99 Å². The van der Waals surface area contributed by atoms with Gasteiger partial charge in [-0.05, 0) is 35.2 Å². The number of hydrogen-bond donors (Lipinski definition) is 0. The van der Waals surface area contributed by atoms with Crippen molar-refractivity contribution in [2.45, 2.75) is 24.3 Å². The van der Waals surface area contributed by atoms with Gasteiger partial charge in [-0.25, -0.2) is 8.42 Å². The second-order valence-electron chi connectivity index (χ2n) is 6.93. The van der Waals surface area contributed by atoms with Crippen molar-refractivity contribution in [1.29, 1.82) is 0 Å². The van der Waals surface area contributed by atoms with Gasteiger partial charge in [0.1, 0.15) is 0 Å². The summed E-state index contributed by atoms with van der Waals surface area (Å²) in [5.41, 5.74) is 3.70. The van der Waals surface area contributed by atoms with E-state index in [9.17, 15) is 13.2 Å². The Balaban J connectivity index is 1.41. The highest BCUT2D eigenvalue weighted by Gasteiger charge is 2.26. The van der Waals surface area contributed by atoms with E-state index in [1.54, 1.807) is 30.5 Å².